The van der Waals surface area contributed by atoms with Gasteiger partial charge >= 0.3 is 0 Å². The van der Waals surface area contributed by atoms with Crippen LogP contribution in [0.15, 0.2) is 60.9 Å². The molecule has 0 spiro atoms. The molecule has 2 heterocycles. The number of aromatic nitrogens is 1. The van der Waals surface area contributed by atoms with Crippen LogP contribution in [-0.4, -0.2) is 11.8 Å². The Balaban J connectivity index is 1.37. The summed E-state index contributed by atoms with van der Waals surface area (Å²) in [5.74, 6) is 1.79. The van der Waals surface area contributed by atoms with Crippen LogP contribution < -0.4 is 19.5 Å². The molecule has 1 N–H and O–H groups in total. The molecule has 0 radical (unpaired) electrons. The number of hydrogen-bond donors (Lipinski definition) is 1. The van der Waals surface area contributed by atoms with Gasteiger partial charge in [-0.25, -0.2) is 4.39 Å². The van der Waals surface area contributed by atoms with Gasteiger partial charge in [0.2, 0.25) is 6.79 Å². The van der Waals surface area contributed by atoms with E-state index < -0.39 is 5.82 Å². The van der Waals surface area contributed by atoms with Crippen molar-refractivity contribution in [3.63, 3.8) is 0 Å². The quantitative estimate of drug-likeness (QED) is 0.726. The van der Waals surface area contributed by atoms with Gasteiger partial charge in [-0.05, 0) is 35.9 Å². The lowest BCUT2D eigenvalue weighted by Gasteiger charge is -2.10. The summed E-state index contributed by atoms with van der Waals surface area (Å²) < 4.78 is 30.6. The van der Waals surface area contributed by atoms with Crippen molar-refractivity contribution in [2.24, 2.45) is 0 Å². The van der Waals surface area contributed by atoms with Crippen LogP contribution in [0.1, 0.15) is 11.1 Å². The zero-order chi connectivity index (χ0) is 17.8. The van der Waals surface area contributed by atoms with E-state index in [1.807, 2.05) is 24.3 Å². The first kappa shape index (κ1) is 16.4. The van der Waals surface area contributed by atoms with Gasteiger partial charge in [0.05, 0.1) is 6.20 Å². The van der Waals surface area contributed by atoms with Gasteiger partial charge in [-0.15, -0.1) is 0 Å². The molecule has 6 heteroatoms. The Morgan fingerprint density at radius 1 is 1.08 bits per heavy atom. The fraction of sp³-hybridized carbons (Fsp3) is 0.150. The number of ether oxygens (including phenoxy) is 3. The van der Waals surface area contributed by atoms with Crippen molar-refractivity contribution < 1.29 is 18.6 Å². The molecule has 0 saturated carbocycles. The molecule has 4 rings (SSSR count). The van der Waals surface area contributed by atoms with Crippen molar-refractivity contribution in [2.75, 3.05) is 6.79 Å². The van der Waals surface area contributed by atoms with Crippen molar-refractivity contribution in [1.29, 1.82) is 0 Å². The molecule has 0 aliphatic carbocycles. The van der Waals surface area contributed by atoms with E-state index in [9.17, 15) is 4.39 Å². The molecular formula is C20H17FN2O3. The summed E-state index contributed by atoms with van der Waals surface area (Å²) in [6, 6.07) is 14.2. The van der Waals surface area contributed by atoms with E-state index in [1.165, 1.54) is 6.07 Å². The highest BCUT2D eigenvalue weighted by Crippen LogP contribution is 2.35. The Hall–Kier alpha value is -3.12. The first-order valence-electron chi connectivity index (χ1n) is 8.24. The predicted octanol–water partition coefficient (Wildman–Crippen LogP) is 4.03. The summed E-state index contributed by atoms with van der Waals surface area (Å²) in [6.45, 7) is 1.37. The zero-order valence-electron chi connectivity index (χ0n) is 13.9. The summed E-state index contributed by atoms with van der Waals surface area (Å²) in [6.07, 6.45) is 3.18. The minimum absolute atomic E-state index is 0.174. The summed E-state index contributed by atoms with van der Waals surface area (Å²) in [5, 5.41) is 3.29. The van der Waals surface area contributed by atoms with Gasteiger partial charge in [0.15, 0.2) is 23.1 Å². The average Bonchev–Trinajstić information content (AvgIpc) is 3.14. The van der Waals surface area contributed by atoms with E-state index >= 15 is 0 Å². The number of nitrogens with one attached hydrogen (secondary N) is 1. The highest BCUT2D eigenvalue weighted by molar-refractivity contribution is 5.48. The Labute approximate surface area is 150 Å². The summed E-state index contributed by atoms with van der Waals surface area (Å²) in [4.78, 5) is 3.95. The largest absolute Gasteiger partial charge is 0.454 e. The lowest BCUT2D eigenvalue weighted by molar-refractivity contribution is 0.173. The topological polar surface area (TPSA) is 52.6 Å². The molecule has 26 heavy (non-hydrogen) atoms. The van der Waals surface area contributed by atoms with E-state index in [2.05, 4.69) is 10.3 Å². The number of nitrogens with zero attached hydrogens (tertiary/aromatic N) is 1. The Bertz CT molecular complexity index is 903. The molecule has 0 amide bonds. The normalized spacial score (nSPS) is 12.2. The molecule has 0 bridgehead atoms. The SMILES string of the molecule is Fc1cc(CNCc2cccc3c2OCO3)ccc1Oc1cccnc1. The Morgan fingerprint density at radius 3 is 2.88 bits per heavy atom. The first-order valence-corrected chi connectivity index (χ1v) is 8.24. The minimum Gasteiger partial charge on any atom is -0.454 e. The second kappa shape index (κ2) is 7.41. The van der Waals surface area contributed by atoms with Gasteiger partial charge in [0, 0.05) is 24.8 Å². The second-order valence-corrected chi connectivity index (χ2v) is 5.81. The standard InChI is InChI=1S/C20H17FN2O3/c21-17-9-14(6-7-18(17)26-16-4-2-8-22-12-16)10-23-11-15-3-1-5-19-20(15)25-13-24-19/h1-9,12,23H,10-11,13H2. The number of para-hydroxylation sites is 1. The monoisotopic (exact) mass is 352 g/mol. The van der Waals surface area contributed by atoms with E-state index in [-0.39, 0.29) is 12.5 Å². The highest BCUT2D eigenvalue weighted by atomic mass is 19.1. The molecule has 0 unspecified atom stereocenters. The fourth-order valence-corrected chi connectivity index (χ4v) is 2.74. The van der Waals surface area contributed by atoms with E-state index in [4.69, 9.17) is 14.2 Å². The molecule has 1 aliphatic rings. The van der Waals surface area contributed by atoms with E-state index in [1.54, 1.807) is 30.6 Å². The molecular weight excluding hydrogens is 335 g/mol. The summed E-state index contributed by atoms with van der Waals surface area (Å²) in [5.41, 5.74) is 1.84. The first-order chi connectivity index (χ1) is 12.8. The van der Waals surface area contributed by atoms with Crippen molar-refractivity contribution >= 4 is 0 Å². The third-order valence-electron chi connectivity index (χ3n) is 3.98. The maximum Gasteiger partial charge on any atom is 0.231 e. The molecule has 1 aromatic heterocycles. The molecule has 0 saturated heterocycles. The van der Waals surface area contributed by atoms with Crippen molar-refractivity contribution in [3.05, 3.63) is 77.9 Å². The fourth-order valence-electron chi connectivity index (χ4n) is 2.74. The Kier molecular flexibility index (Phi) is 4.66. The van der Waals surface area contributed by atoms with Crippen LogP contribution >= 0.6 is 0 Å². The van der Waals surface area contributed by atoms with Gasteiger partial charge < -0.3 is 19.5 Å². The molecule has 0 fully saturated rings. The smallest absolute Gasteiger partial charge is 0.231 e. The van der Waals surface area contributed by atoms with Gasteiger partial charge in [0.25, 0.3) is 0 Å². The molecule has 5 nitrogen and oxygen atoms in total. The number of hydrogen-bond acceptors (Lipinski definition) is 5. The van der Waals surface area contributed by atoms with Crippen LogP contribution in [0.2, 0.25) is 0 Å². The summed E-state index contributed by atoms with van der Waals surface area (Å²) in [7, 11) is 0. The van der Waals surface area contributed by atoms with Crippen LogP contribution in [-0.2, 0) is 13.1 Å². The molecule has 3 aromatic rings. The van der Waals surface area contributed by atoms with Crippen LogP contribution in [0.25, 0.3) is 0 Å². The van der Waals surface area contributed by atoms with Gasteiger partial charge in [-0.1, -0.05) is 18.2 Å². The maximum atomic E-state index is 14.3. The number of fused-ring (bicyclic) bond motifs is 1. The van der Waals surface area contributed by atoms with Gasteiger partial charge in [0.1, 0.15) is 5.75 Å². The molecule has 1 aliphatic heterocycles. The lowest BCUT2D eigenvalue weighted by Crippen LogP contribution is -2.13. The molecule has 132 valence electrons. The minimum atomic E-state index is -0.412. The number of pyridine rings is 1. The number of benzene rings is 2. The number of rotatable bonds is 6. The van der Waals surface area contributed by atoms with Gasteiger partial charge in [-0.3, -0.25) is 4.98 Å². The number of halogens is 1. The molecule has 0 atom stereocenters. The van der Waals surface area contributed by atoms with Crippen LogP contribution in [0.3, 0.4) is 0 Å². The van der Waals surface area contributed by atoms with Gasteiger partial charge in [-0.2, -0.15) is 0 Å². The molecule has 2 aromatic carbocycles. The maximum absolute atomic E-state index is 14.3. The van der Waals surface area contributed by atoms with E-state index in [0.29, 0.717) is 18.8 Å². The lowest BCUT2D eigenvalue weighted by atomic mass is 10.1. The van der Waals surface area contributed by atoms with Crippen molar-refractivity contribution in [3.8, 4) is 23.0 Å². The van der Waals surface area contributed by atoms with Crippen molar-refractivity contribution in [2.45, 2.75) is 13.1 Å². The highest BCUT2D eigenvalue weighted by Gasteiger charge is 2.16. The van der Waals surface area contributed by atoms with E-state index in [0.717, 1.165) is 22.6 Å². The van der Waals surface area contributed by atoms with Crippen LogP contribution in [0.5, 0.6) is 23.0 Å². The second-order valence-electron chi connectivity index (χ2n) is 5.81. The third-order valence-corrected chi connectivity index (χ3v) is 3.98. The third kappa shape index (κ3) is 3.60. The van der Waals surface area contributed by atoms with Crippen LogP contribution in [0.4, 0.5) is 4.39 Å². The zero-order valence-corrected chi connectivity index (χ0v) is 13.9. The Morgan fingerprint density at radius 2 is 2.04 bits per heavy atom. The predicted molar refractivity (Wildman–Crippen MR) is 93.8 cm³/mol. The van der Waals surface area contributed by atoms with Crippen LogP contribution in [0, 0.1) is 5.82 Å². The van der Waals surface area contributed by atoms with Crippen molar-refractivity contribution in [1.82, 2.24) is 10.3 Å². The summed E-state index contributed by atoms with van der Waals surface area (Å²) >= 11 is 0. The average molecular weight is 352 g/mol.